The molecule has 3 nitrogen and oxygen atoms in total. The summed E-state index contributed by atoms with van der Waals surface area (Å²) in [7, 11) is 1.43. The van der Waals surface area contributed by atoms with E-state index in [1.807, 2.05) is 42.6 Å². The summed E-state index contributed by atoms with van der Waals surface area (Å²) in [5.74, 6) is -0.0450. The van der Waals surface area contributed by atoms with Gasteiger partial charge < -0.3 is 4.74 Å². The van der Waals surface area contributed by atoms with Gasteiger partial charge in [-0.2, -0.15) is 0 Å². The smallest absolute Gasteiger partial charge is 0.313 e. The van der Waals surface area contributed by atoms with E-state index in [1.165, 1.54) is 7.11 Å². The molecule has 1 aromatic carbocycles. The number of aromatic nitrogens is 1. The number of hydrogen-bond acceptors (Lipinski definition) is 3. The van der Waals surface area contributed by atoms with Crippen molar-refractivity contribution >= 4 is 5.97 Å². The van der Waals surface area contributed by atoms with Gasteiger partial charge in [-0.15, -0.1) is 0 Å². The molecule has 1 atom stereocenters. The Bertz CT molecular complexity index is 593. The van der Waals surface area contributed by atoms with Gasteiger partial charge in [-0.3, -0.25) is 9.78 Å². The van der Waals surface area contributed by atoms with Crippen molar-refractivity contribution in [2.75, 3.05) is 7.11 Å². The monoisotopic (exact) mass is 283 g/mol. The minimum absolute atomic E-state index is 0.198. The minimum Gasteiger partial charge on any atom is -0.469 e. The third-order valence-corrected chi connectivity index (χ3v) is 3.46. The van der Waals surface area contributed by atoms with E-state index < -0.39 is 0 Å². The molecule has 0 aliphatic heterocycles. The van der Waals surface area contributed by atoms with Gasteiger partial charge in [0.2, 0.25) is 0 Å². The lowest BCUT2D eigenvalue weighted by Crippen LogP contribution is -2.16. The van der Waals surface area contributed by atoms with E-state index in [9.17, 15) is 4.79 Å². The van der Waals surface area contributed by atoms with Gasteiger partial charge >= 0.3 is 5.97 Å². The van der Waals surface area contributed by atoms with Crippen molar-refractivity contribution in [2.24, 2.45) is 5.92 Å². The Morgan fingerprint density at radius 3 is 2.48 bits per heavy atom. The van der Waals surface area contributed by atoms with Crippen molar-refractivity contribution in [3.05, 3.63) is 54.4 Å². The number of carbonyl (C=O) groups is 1. The number of pyridine rings is 1. The first kappa shape index (κ1) is 15.2. The van der Waals surface area contributed by atoms with Crippen LogP contribution in [-0.4, -0.2) is 18.1 Å². The van der Waals surface area contributed by atoms with Gasteiger partial charge in [-0.25, -0.2) is 0 Å². The number of benzene rings is 1. The summed E-state index contributed by atoms with van der Waals surface area (Å²) in [5.41, 5.74) is 3.03. The lowest BCUT2D eigenvalue weighted by molar-refractivity contribution is -0.142. The number of ether oxygens (including phenoxy) is 1. The quantitative estimate of drug-likeness (QED) is 0.777. The Morgan fingerprint density at radius 2 is 1.86 bits per heavy atom. The van der Waals surface area contributed by atoms with Crippen LogP contribution in [-0.2, 0) is 9.53 Å². The highest BCUT2D eigenvalue weighted by Gasteiger charge is 2.23. The Morgan fingerprint density at radius 1 is 1.14 bits per heavy atom. The highest BCUT2D eigenvalue weighted by molar-refractivity contribution is 5.78. The van der Waals surface area contributed by atoms with Gasteiger partial charge in [0.25, 0.3) is 0 Å². The fraction of sp³-hybridized carbons (Fsp3) is 0.333. The Labute approximate surface area is 126 Å². The molecule has 0 aliphatic rings. The van der Waals surface area contributed by atoms with E-state index in [2.05, 4.69) is 18.8 Å². The molecule has 0 unspecified atom stereocenters. The van der Waals surface area contributed by atoms with Gasteiger partial charge in [0, 0.05) is 18.0 Å². The van der Waals surface area contributed by atoms with Crippen LogP contribution in [0.2, 0.25) is 0 Å². The molecule has 0 spiro atoms. The van der Waals surface area contributed by atoms with E-state index in [0.29, 0.717) is 5.92 Å². The summed E-state index contributed by atoms with van der Waals surface area (Å²) in [6.07, 6.45) is 4.34. The van der Waals surface area contributed by atoms with Crippen LogP contribution in [0.25, 0.3) is 11.1 Å². The molecule has 110 valence electrons. The molecule has 1 heterocycles. The van der Waals surface area contributed by atoms with E-state index in [4.69, 9.17) is 4.74 Å². The normalized spacial score (nSPS) is 12.2. The van der Waals surface area contributed by atoms with Gasteiger partial charge in [0.05, 0.1) is 13.0 Å². The van der Waals surface area contributed by atoms with Crippen molar-refractivity contribution < 1.29 is 9.53 Å². The highest BCUT2D eigenvalue weighted by atomic mass is 16.5. The molecule has 0 aliphatic carbocycles. The first-order valence-electron chi connectivity index (χ1n) is 7.20. The zero-order chi connectivity index (χ0) is 15.2. The third kappa shape index (κ3) is 3.91. The minimum atomic E-state index is -0.258. The van der Waals surface area contributed by atoms with Crippen molar-refractivity contribution in [3.8, 4) is 11.1 Å². The van der Waals surface area contributed by atoms with Crippen LogP contribution in [0.4, 0.5) is 0 Å². The molecule has 2 aromatic rings. The first-order chi connectivity index (χ1) is 10.1. The number of carbonyl (C=O) groups excluding carboxylic acids is 1. The SMILES string of the molecule is COC(=O)[C@H](CC(C)C)c1cncc(-c2ccccc2)c1. The number of methoxy groups -OCH3 is 1. The number of esters is 1. The predicted molar refractivity (Wildman–Crippen MR) is 83.9 cm³/mol. The van der Waals surface area contributed by atoms with E-state index in [-0.39, 0.29) is 11.9 Å². The van der Waals surface area contributed by atoms with Crippen molar-refractivity contribution in [1.29, 1.82) is 0 Å². The second kappa shape index (κ2) is 7.02. The van der Waals surface area contributed by atoms with Crippen LogP contribution in [0.1, 0.15) is 31.7 Å². The molecule has 3 heteroatoms. The standard InChI is InChI=1S/C18H21NO2/c1-13(2)9-17(18(20)21-3)16-10-15(11-19-12-16)14-7-5-4-6-8-14/h4-8,10-13,17H,9H2,1-3H3/t17-/m1/s1. The second-order valence-electron chi connectivity index (χ2n) is 5.58. The lowest BCUT2D eigenvalue weighted by atomic mass is 9.90. The van der Waals surface area contributed by atoms with E-state index in [0.717, 1.165) is 23.1 Å². The van der Waals surface area contributed by atoms with Crippen LogP contribution in [0.15, 0.2) is 48.8 Å². The number of nitrogens with zero attached hydrogens (tertiary/aromatic N) is 1. The molecule has 0 radical (unpaired) electrons. The van der Waals surface area contributed by atoms with Gasteiger partial charge in [-0.05, 0) is 29.5 Å². The average molecular weight is 283 g/mol. The van der Waals surface area contributed by atoms with Crippen molar-refractivity contribution in [3.63, 3.8) is 0 Å². The second-order valence-corrected chi connectivity index (χ2v) is 5.58. The molecule has 0 saturated carbocycles. The maximum Gasteiger partial charge on any atom is 0.313 e. The fourth-order valence-corrected chi connectivity index (χ4v) is 2.42. The fourth-order valence-electron chi connectivity index (χ4n) is 2.42. The maximum absolute atomic E-state index is 12.0. The average Bonchev–Trinajstić information content (AvgIpc) is 2.52. The highest BCUT2D eigenvalue weighted by Crippen LogP contribution is 2.28. The number of rotatable bonds is 5. The molecule has 0 amide bonds. The van der Waals surface area contributed by atoms with Crippen molar-refractivity contribution in [2.45, 2.75) is 26.2 Å². The van der Waals surface area contributed by atoms with Gasteiger partial charge in [0.1, 0.15) is 0 Å². The summed E-state index contributed by atoms with van der Waals surface area (Å²) in [4.78, 5) is 16.3. The molecule has 0 bridgehead atoms. The summed E-state index contributed by atoms with van der Waals surface area (Å²) < 4.78 is 4.95. The number of hydrogen-bond donors (Lipinski definition) is 0. The predicted octanol–water partition coefficient (Wildman–Crippen LogP) is 4.05. The summed E-state index contributed by atoms with van der Waals surface area (Å²) >= 11 is 0. The zero-order valence-corrected chi connectivity index (χ0v) is 12.7. The molecule has 1 aromatic heterocycles. The van der Waals surface area contributed by atoms with E-state index >= 15 is 0 Å². The molecule has 0 N–H and O–H groups in total. The summed E-state index contributed by atoms with van der Waals surface area (Å²) in [5, 5.41) is 0. The summed E-state index contributed by atoms with van der Waals surface area (Å²) in [6, 6.07) is 12.1. The Balaban J connectivity index is 2.36. The van der Waals surface area contributed by atoms with E-state index in [1.54, 1.807) is 6.20 Å². The van der Waals surface area contributed by atoms with Crippen LogP contribution < -0.4 is 0 Å². The van der Waals surface area contributed by atoms with Crippen LogP contribution in [0.5, 0.6) is 0 Å². The Kier molecular flexibility index (Phi) is 5.09. The molecular formula is C18H21NO2. The van der Waals surface area contributed by atoms with Crippen molar-refractivity contribution in [1.82, 2.24) is 4.98 Å². The van der Waals surface area contributed by atoms with Gasteiger partial charge in [0.15, 0.2) is 0 Å². The lowest BCUT2D eigenvalue weighted by Gasteiger charge is -2.17. The molecule has 2 rings (SSSR count). The Hall–Kier alpha value is -2.16. The third-order valence-electron chi connectivity index (χ3n) is 3.46. The summed E-state index contributed by atoms with van der Waals surface area (Å²) in [6.45, 7) is 4.20. The van der Waals surface area contributed by atoms with Crippen LogP contribution in [0, 0.1) is 5.92 Å². The van der Waals surface area contributed by atoms with Gasteiger partial charge in [-0.1, -0.05) is 44.2 Å². The molecule has 0 saturated heterocycles. The molecule has 0 fully saturated rings. The van der Waals surface area contributed by atoms with Crippen LogP contribution in [0.3, 0.4) is 0 Å². The zero-order valence-electron chi connectivity index (χ0n) is 12.7. The molecular weight excluding hydrogens is 262 g/mol. The largest absolute Gasteiger partial charge is 0.469 e. The van der Waals surface area contributed by atoms with Crippen LogP contribution >= 0.6 is 0 Å². The maximum atomic E-state index is 12.0. The topological polar surface area (TPSA) is 39.2 Å². The molecule has 21 heavy (non-hydrogen) atoms. The first-order valence-corrected chi connectivity index (χ1v) is 7.20.